The van der Waals surface area contributed by atoms with Gasteiger partial charge in [0.25, 0.3) is 0 Å². The summed E-state index contributed by atoms with van der Waals surface area (Å²) < 4.78 is 1.41. The second-order valence-electron chi connectivity index (χ2n) is 6.50. The summed E-state index contributed by atoms with van der Waals surface area (Å²) in [6.45, 7) is 6.13. The summed E-state index contributed by atoms with van der Waals surface area (Å²) in [5, 5.41) is 3.60. The maximum atomic E-state index is 2.75. The fourth-order valence-corrected chi connectivity index (χ4v) is 4.82. The first-order chi connectivity index (χ1) is 10.3. The summed E-state index contributed by atoms with van der Waals surface area (Å²) in [7, 11) is 0. The predicted molar refractivity (Wildman–Crippen MR) is 92.5 cm³/mol. The summed E-state index contributed by atoms with van der Waals surface area (Å²) in [5.41, 5.74) is 1.43. The van der Waals surface area contributed by atoms with Gasteiger partial charge in [-0.05, 0) is 60.8 Å². The Morgan fingerprint density at radius 1 is 1.19 bits per heavy atom. The second-order valence-corrected chi connectivity index (χ2v) is 7.45. The van der Waals surface area contributed by atoms with Gasteiger partial charge in [0.05, 0.1) is 0 Å². The maximum Gasteiger partial charge on any atom is 0.0415 e. The number of hydrogen-bond donors (Lipinski definition) is 0. The first-order valence-corrected chi connectivity index (χ1v) is 9.21. The van der Waals surface area contributed by atoms with Gasteiger partial charge in [0.1, 0.15) is 0 Å². The van der Waals surface area contributed by atoms with Crippen molar-refractivity contribution >= 4 is 27.1 Å². The molecule has 2 aliphatic heterocycles. The molecule has 3 heteroatoms. The van der Waals surface area contributed by atoms with Gasteiger partial charge in [-0.2, -0.15) is 0 Å². The summed E-state index contributed by atoms with van der Waals surface area (Å²) in [6.07, 6.45) is 5.43. The Morgan fingerprint density at radius 3 is 3.05 bits per heavy atom. The topological polar surface area (TPSA) is 6.48 Å². The third kappa shape index (κ3) is 2.47. The number of rotatable bonds is 2. The average Bonchev–Trinajstić information content (AvgIpc) is 3.01. The highest BCUT2D eigenvalue weighted by Gasteiger charge is 2.34. The molecule has 1 aromatic carbocycles. The van der Waals surface area contributed by atoms with E-state index in [0.717, 1.165) is 6.04 Å². The molecule has 3 heterocycles. The molecule has 0 amide bonds. The van der Waals surface area contributed by atoms with Crippen molar-refractivity contribution in [2.24, 2.45) is 0 Å². The van der Waals surface area contributed by atoms with Gasteiger partial charge in [-0.15, -0.1) is 11.3 Å². The molecular weight excluding hydrogens is 276 g/mol. The van der Waals surface area contributed by atoms with Crippen LogP contribution in [-0.2, 0) is 0 Å². The van der Waals surface area contributed by atoms with Crippen LogP contribution in [0.3, 0.4) is 0 Å². The van der Waals surface area contributed by atoms with Crippen LogP contribution in [0.5, 0.6) is 0 Å². The number of thiophene rings is 1. The van der Waals surface area contributed by atoms with Gasteiger partial charge in [0, 0.05) is 35.6 Å². The monoisotopic (exact) mass is 300 g/mol. The van der Waals surface area contributed by atoms with E-state index in [1.54, 1.807) is 0 Å². The molecule has 0 radical (unpaired) electrons. The molecule has 2 aliphatic rings. The second kappa shape index (κ2) is 5.62. The van der Waals surface area contributed by atoms with Crippen molar-refractivity contribution < 1.29 is 0 Å². The minimum atomic E-state index is 0.676. The molecule has 0 spiro atoms. The number of benzene rings is 1. The Labute approximate surface area is 131 Å². The molecule has 1 aromatic heterocycles. The van der Waals surface area contributed by atoms with E-state index in [9.17, 15) is 0 Å². The molecule has 0 aliphatic carbocycles. The van der Waals surface area contributed by atoms with E-state index in [-0.39, 0.29) is 0 Å². The predicted octanol–water partition coefficient (Wildman–Crippen LogP) is 4.35. The molecule has 112 valence electrons. The van der Waals surface area contributed by atoms with Gasteiger partial charge >= 0.3 is 0 Å². The van der Waals surface area contributed by atoms with Crippen molar-refractivity contribution in [2.45, 2.75) is 44.7 Å². The Morgan fingerprint density at radius 2 is 2.14 bits per heavy atom. The lowest BCUT2D eigenvalue weighted by Crippen LogP contribution is -2.59. The number of anilines is 1. The number of nitrogens with zero attached hydrogens (tertiary/aromatic N) is 2. The minimum Gasteiger partial charge on any atom is -0.366 e. The average molecular weight is 300 g/mol. The van der Waals surface area contributed by atoms with E-state index < -0.39 is 0 Å². The van der Waals surface area contributed by atoms with Crippen molar-refractivity contribution in [2.75, 3.05) is 24.5 Å². The first-order valence-electron chi connectivity index (χ1n) is 8.33. The van der Waals surface area contributed by atoms with Crippen molar-refractivity contribution in [1.82, 2.24) is 4.90 Å². The lowest BCUT2D eigenvalue weighted by Gasteiger charge is -2.49. The molecule has 2 nitrogen and oxygen atoms in total. The van der Waals surface area contributed by atoms with Gasteiger partial charge in [0.15, 0.2) is 0 Å². The zero-order valence-corrected chi connectivity index (χ0v) is 13.6. The number of hydrogen-bond acceptors (Lipinski definition) is 3. The SMILES string of the molecule is CCC1CN2CCCCC2CN1c1ccc2sccc2c1. The maximum absolute atomic E-state index is 2.75. The van der Waals surface area contributed by atoms with E-state index in [4.69, 9.17) is 0 Å². The van der Waals surface area contributed by atoms with Crippen LogP contribution in [0.25, 0.3) is 10.1 Å². The minimum absolute atomic E-state index is 0.676. The Hall–Kier alpha value is -1.06. The van der Waals surface area contributed by atoms with Crippen LogP contribution in [0.15, 0.2) is 29.6 Å². The normalized spacial score (nSPS) is 27.0. The number of piperidine rings is 1. The first kappa shape index (κ1) is 13.6. The van der Waals surface area contributed by atoms with Gasteiger partial charge < -0.3 is 4.90 Å². The van der Waals surface area contributed by atoms with Crippen molar-refractivity contribution in [3.63, 3.8) is 0 Å². The van der Waals surface area contributed by atoms with E-state index in [2.05, 4.69) is 46.4 Å². The molecular formula is C18H24N2S. The van der Waals surface area contributed by atoms with Crippen LogP contribution in [0.2, 0.25) is 0 Å². The van der Waals surface area contributed by atoms with Crippen LogP contribution in [0.1, 0.15) is 32.6 Å². The van der Waals surface area contributed by atoms with Gasteiger partial charge in [0.2, 0.25) is 0 Å². The van der Waals surface area contributed by atoms with Crippen LogP contribution in [0, 0.1) is 0 Å². The van der Waals surface area contributed by atoms with Crippen LogP contribution in [-0.4, -0.2) is 36.6 Å². The molecule has 2 saturated heterocycles. The molecule has 4 rings (SSSR count). The molecule has 2 fully saturated rings. The Bertz CT molecular complexity index is 620. The Balaban J connectivity index is 1.64. The molecule has 2 aromatic rings. The zero-order valence-electron chi connectivity index (χ0n) is 12.8. The highest BCUT2D eigenvalue weighted by atomic mass is 32.1. The smallest absolute Gasteiger partial charge is 0.0415 e. The fourth-order valence-electron chi connectivity index (χ4n) is 4.05. The molecule has 2 atom stereocenters. The largest absolute Gasteiger partial charge is 0.366 e. The van der Waals surface area contributed by atoms with Gasteiger partial charge in [-0.3, -0.25) is 4.90 Å². The van der Waals surface area contributed by atoms with E-state index >= 15 is 0 Å². The van der Waals surface area contributed by atoms with Crippen LogP contribution in [0.4, 0.5) is 5.69 Å². The number of piperazine rings is 1. The Kier molecular flexibility index (Phi) is 3.64. The van der Waals surface area contributed by atoms with E-state index in [1.165, 1.54) is 61.1 Å². The zero-order chi connectivity index (χ0) is 14.2. The molecule has 21 heavy (non-hydrogen) atoms. The summed E-state index contributed by atoms with van der Waals surface area (Å²) >= 11 is 1.84. The third-order valence-corrected chi connectivity index (χ3v) is 6.18. The standard InChI is InChI=1S/C18H24N2S/c1-2-15-12-19-9-4-3-5-17(19)13-20(15)16-6-7-18-14(11-16)8-10-21-18/h6-8,10-11,15,17H,2-5,9,12-13H2,1H3. The van der Waals surface area contributed by atoms with E-state index in [1.807, 2.05) is 11.3 Å². The number of fused-ring (bicyclic) bond motifs is 2. The highest BCUT2D eigenvalue weighted by molar-refractivity contribution is 7.17. The van der Waals surface area contributed by atoms with Crippen LogP contribution < -0.4 is 4.90 Å². The lowest BCUT2D eigenvalue weighted by molar-refractivity contribution is 0.111. The summed E-state index contributed by atoms with van der Waals surface area (Å²) in [4.78, 5) is 5.43. The highest BCUT2D eigenvalue weighted by Crippen LogP contribution is 2.32. The van der Waals surface area contributed by atoms with Crippen molar-refractivity contribution in [3.05, 3.63) is 29.6 Å². The van der Waals surface area contributed by atoms with Crippen LogP contribution >= 0.6 is 11.3 Å². The van der Waals surface area contributed by atoms with Gasteiger partial charge in [-0.25, -0.2) is 0 Å². The summed E-state index contributed by atoms with van der Waals surface area (Å²) in [5.74, 6) is 0. The van der Waals surface area contributed by atoms with E-state index in [0.29, 0.717) is 6.04 Å². The lowest BCUT2D eigenvalue weighted by atomic mass is 9.95. The molecule has 0 bridgehead atoms. The summed E-state index contributed by atoms with van der Waals surface area (Å²) in [6, 6.07) is 10.7. The fraction of sp³-hybridized carbons (Fsp3) is 0.556. The quantitative estimate of drug-likeness (QED) is 0.813. The van der Waals surface area contributed by atoms with Crippen molar-refractivity contribution in [3.8, 4) is 0 Å². The van der Waals surface area contributed by atoms with Crippen molar-refractivity contribution in [1.29, 1.82) is 0 Å². The molecule has 0 saturated carbocycles. The third-order valence-electron chi connectivity index (χ3n) is 5.28. The molecule has 2 unspecified atom stereocenters. The molecule has 0 N–H and O–H groups in total. The van der Waals surface area contributed by atoms with Gasteiger partial charge in [-0.1, -0.05) is 13.3 Å².